The molecule has 1 unspecified atom stereocenters. The SMILES string of the molecule is CCOc1ccccc1C(C(=O)NCc1ccccc1)N(C(=O)Cn1nnc2ccccc21)c1ccccc1OC. The van der Waals surface area contributed by atoms with Gasteiger partial charge in [0.1, 0.15) is 29.6 Å². The van der Waals surface area contributed by atoms with E-state index in [9.17, 15) is 9.59 Å². The number of ether oxygens (including phenoxy) is 2. The van der Waals surface area contributed by atoms with Gasteiger partial charge in [-0.2, -0.15) is 0 Å². The van der Waals surface area contributed by atoms with E-state index in [0.717, 1.165) is 5.56 Å². The number of aromatic nitrogens is 3. The number of rotatable bonds is 11. The van der Waals surface area contributed by atoms with Crippen LogP contribution in [-0.2, 0) is 22.7 Å². The lowest BCUT2D eigenvalue weighted by Gasteiger charge is -2.33. The van der Waals surface area contributed by atoms with E-state index in [1.165, 1.54) is 16.7 Å². The first-order chi connectivity index (χ1) is 20.1. The highest BCUT2D eigenvalue weighted by molar-refractivity contribution is 6.03. The number of hydrogen-bond donors (Lipinski definition) is 1. The summed E-state index contributed by atoms with van der Waals surface area (Å²) in [4.78, 5) is 30.0. The monoisotopic (exact) mass is 549 g/mol. The van der Waals surface area contributed by atoms with Crippen molar-refractivity contribution in [3.8, 4) is 11.5 Å². The summed E-state index contributed by atoms with van der Waals surface area (Å²) >= 11 is 0. The normalized spacial score (nSPS) is 11.6. The Kier molecular flexibility index (Phi) is 8.54. The molecule has 1 N–H and O–H groups in total. The van der Waals surface area contributed by atoms with Crippen molar-refractivity contribution in [1.29, 1.82) is 0 Å². The number of methoxy groups -OCH3 is 1. The zero-order valence-electron chi connectivity index (χ0n) is 22.9. The molecule has 0 saturated heterocycles. The van der Waals surface area contributed by atoms with Gasteiger partial charge in [0, 0.05) is 12.1 Å². The van der Waals surface area contributed by atoms with Crippen molar-refractivity contribution in [2.24, 2.45) is 0 Å². The van der Waals surface area contributed by atoms with E-state index in [1.54, 1.807) is 30.3 Å². The zero-order chi connectivity index (χ0) is 28.6. The molecule has 1 aromatic heterocycles. The van der Waals surface area contributed by atoms with Crippen LogP contribution >= 0.6 is 0 Å². The fraction of sp³-hybridized carbons (Fsp3) is 0.188. The van der Waals surface area contributed by atoms with Gasteiger partial charge < -0.3 is 14.8 Å². The Morgan fingerprint density at radius 3 is 2.34 bits per heavy atom. The number of benzene rings is 4. The highest BCUT2D eigenvalue weighted by Crippen LogP contribution is 2.38. The molecule has 9 nitrogen and oxygen atoms in total. The molecule has 2 amide bonds. The average molecular weight is 550 g/mol. The summed E-state index contributed by atoms with van der Waals surface area (Å²) in [5.74, 6) is 0.202. The van der Waals surface area contributed by atoms with Gasteiger partial charge in [0.05, 0.1) is 24.9 Å². The number of carbonyl (C=O) groups excluding carboxylic acids is 2. The fourth-order valence-corrected chi connectivity index (χ4v) is 4.76. The molecule has 0 saturated carbocycles. The predicted molar refractivity (Wildman–Crippen MR) is 157 cm³/mol. The lowest BCUT2D eigenvalue weighted by Crippen LogP contribution is -2.45. The van der Waals surface area contributed by atoms with E-state index in [2.05, 4.69) is 15.6 Å². The van der Waals surface area contributed by atoms with Gasteiger partial charge in [-0.25, -0.2) is 4.68 Å². The second-order valence-electron chi connectivity index (χ2n) is 9.25. The molecule has 0 aliphatic carbocycles. The van der Waals surface area contributed by atoms with Crippen LogP contribution in [0.15, 0.2) is 103 Å². The number of nitrogens with zero attached hydrogens (tertiary/aromatic N) is 4. The van der Waals surface area contributed by atoms with Gasteiger partial charge in [0.25, 0.3) is 0 Å². The number of amides is 2. The van der Waals surface area contributed by atoms with E-state index < -0.39 is 6.04 Å². The van der Waals surface area contributed by atoms with Gasteiger partial charge in [0.2, 0.25) is 11.8 Å². The highest BCUT2D eigenvalue weighted by atomic mass is 16.5. The van der Waals surface area contributed by atoms with Crippen LogP contribution < -0.4 is 19.7 Å². The van der Waals surface area contributed by atoms with Crippen molar-refractivity contribution in [2.75, 3.05) is 18.6 Å². The Bertz CT molecular complexity index is 1640. The second kappa shape index (κ2) is 12.8. The van der Waals surface area contributed by atoms with Crippen LogP contribution in [0.2, 0.25) is 0 Å². The van der Waals surface area contributed by atoms with Crippen LogP contribution in [0.4, 0.5) is 5.69 Å². The van der Waals surface area contributed by atoms with Gasteiger partial charge in [-0.1, -0.05) is 78.0 Å². The van der Waals surface area contributed by atoms with E-state index in [0.29, 0.717) is 40.4 Å². The van der Waals surface area contributed by atoms with Gasteiger partial charge in [-0.3, -0.25) is 14.5 Å². The molecule has 0 aliphatic rings. The number of fused-ring (bicyclic) bond motifs is 1. The molecule has 1 heterocycles. The first-order valence-corrected chi connectivity index (χ1v) is 13.4. The molecule has 0 spiro atoms. The highest BCUT2D eigenvalue weighted by Gasteiger charge is 2.36. The lowest BCUT2D eigenvalue weighted by atomic mass is 10.0. The number of para-hydroxylation sites is 4. The number of nitrogens with one attached hydrogen (secondary N) is 1. The molecule has 41 heavy (non-hydrogen) atoms. The summed E-state index contributed by atoms with van der Waals surface area (Å²) in [6, 6.07) is 30.3. The second-order valence-corrected chi connectivity index (χ2v) is 9.25. The number of hydrogen-bond acceptors (Lipinski definition) is 6. The van der Waals surface area contributed by atoms with E-state index in [4.69, 9.17) is 9.47 Å². The molecule has 0 bridgehead atoms. The van der Waals surface area contributed by atoms with Crippen molar-refractivity contribution in [3.05, 3.63) is 114 Å². The van der Waals surface area contributed by atoms with Crippen LogP contribution in [0, 0.1) is 0 Å². The van der Waals surface area contributed by atoms with Gasteiger partial charge in [-0.05, 0) is 42.8 Å². The van der Waals surface area contributed by atoms with E-state index >= 15 is 0 Å². The molecular weight excluding hydrogens is 518 g/mol. The fourth-order valence-electron chi connectivity index (χ4n) is 4.76. The molecule has 4 aromatic carbocycles. The molecule has 0 radical (unpaired) electrons. The first-order valence-electron chi connectivity index (χ1n) is 13.4. The predicted octanol–water partition coefficient (Wildman–Crippen LogP) is 4.93. The third-order valence-corrected chi connectivity index (χ3v) is 6.65. The van der Waals surface area contributed by atoms with Crippen LogP contribution in [-0.4, -0.2) is 40.5 Å². The standard InChI is InChI=1S/C32H31N5O4/c1-3-41-28-19-11-7-15-24(28)31(32(39)33-21-23-13-5-4-6-14-23)37(27-18-10-12-20-29(27)40-2)30(38)22-36-26-17-9-8-16-25(26)34-35-36/h4-20,31H,3,21-22H2,1-2H3,(H,33,39). The third kappa shape index (κ3) is 6.04. The molecule has 9 heteroatoms. The summed E-state index contributed by atoms with van der Waals surface area (Å²) in [6.07, 6.45) is 0. The van der Waals surface area contributed by atoms with Crippen LogP contribution in [0.1, 0.15) is 24.1 Å². The third-order valence-electron chi connectivity index (χ3n) is 6.65. The van der Waals surface area contributed by atoms with E-state index in [-0.39, 0.29) is 24.9 Å². The summed E-state index contributed by atoms with van der Waals surface area (Å²) in [5.41, 5.74) is 3.30. The molecule has 1 atom stereocenters. The minimum Gasteiger partial charge on any atom is -0.495 e. The van der Waals surface area contributed by atoms with Gasteiger partial charge in [-0.15, -0.1) is 5.10 Å². The van der Waals surface area contributed by atoms with Crippen LogP contribution in [0.5, 0.6) is 11.5 Å². The molecule has 0 fully saturated rings. The first kappa shape index (κ1) is 27.4. The molecule has 5 aromatic rings. The van der Waals surface area contributed by atoms with Crippen molar-refractivity contribution in [3.63, 3.8) is 0 Å². The van der Waals surface area contributed by atoms with Crippen molar-refractivity contribution in [2.45, 2.75) is 26.1 Å². The minimum absolute atomic E-state index is 0.155. The van der Waals surface area contributed by atoms with Gasteiger partial charge >= 0.3 is 0 Å². The van der Waals surface area contributed by atoms with Crippen LogP contribution in [0.25, 0.3) is 11.0 Å². The topological polar surface area (TPSA) is 98.6 Å². The maximum absolute atomic E-state index is 14.3. The quantitative estimate of drug-likeness (QED) is 0.251. The molecule has 5 rings (SSSR count). The Morgan fingerprint density at radius 2 is 1.56 bits per heavy atom. The Balaban J connectivity index is 1.62. The molecule has 208 valence electrons. The summed E-state index contributed by atoms with van der Waals surface area (Å²) in [5, 5.41) is 11.4. The number of anilines is 1. The Hall–Kier alpha value is -5.18. The lowest BCUT2D eigenvalue weighted by molar-refractivity contribution is -0.127. The van der Waals surface area contributed by atoms with Crippen molar-refractivity contribution >= 4 is 28.5 Å². The summed E-state index contributed by atoms with van der Waals surface area (Å²) < 4.78 is 13.1. The van der Waals surface area contributed by atoms with Gasteiger partial charge in [0.15, 0.2) is 0 Å². The maximum atomic E-state index is 14.3. The molecular formula is C32H31N5O4. The summed E-state index contributed by atoms with van der Waals surface area (Å²) in [6.45, 7) is 2.40. The zero-order valence-corrected chi connectivity index (χ0v) is 22.9. The largest absolute Gasteiger partial charge is 0.495 e. The molecule has 0 aliphatic heterocycles. The number of carbonyl (C=O) groups is 2. The Morgan fingerprint density at radius 1 is 0.878 bits per heavy atom. The Labute approximate surface area is 238 Å². The van der Waals surface area contributed by atoms with E-state index in [1.807, 2.05) is 79.7 Å². The van der Waals surface area contributed by atoms with Crippen molar-refractivity contribution in [1.82, 2.24) is 20.3 Å². The maximum Gasteiger partial charge on any atom is 0.249 e. The smallest absolute Gasteiger partial charge is 0.249 e. The van der Waals surface area contributed by atoms with Crippen molar-refractivity contribution < 1.29 is 19.1 Å². The van der Waals surface area contributed by atoms with Crippen LogP contribution in [0.3, 0.4) is 0 Å². The summed E-state index contributed by atoms with van der Waals surface area (Å²) in [7, 11) is 1.53. The minimum atomic E-state index is -1.08. The average Bonchev–Trinajstić information content (AvgIpc) is 3.42.